The summed E-state index contributed by atoms with van der Waals surface area (Å²) in [6.07, 6.45) is -3.44. The van der Waals surface area contributed by atoms with Crippen LogP contribution < -0.4 is 10.6 Å². The normalized spacial score (nSPS) is 13.5. The lowest BCUT2D eigenvalue weighted by molar-refractivity contribution is -0.186. The smallest absolute Gasteiger partial charge is 0.386 e. The van der Waals surface area contributed by atoms with Gasteiger partial charge in [-0.3, -0.25) is 5.32 Å². The van der Waals surface area contributed by atoms with Crippen LogP contribution in [0.1, 0.15) is 43.1 Å². The SMILES string of the molecule is Cc1nc([C@H](C)O)sc1-c1csc(Nc2ccc(CNC(C)(C)C(F)(F)F)cn2)n1. The summed E-state index contributed by atoms with van der Waals surface area (Å²) in [5.74, 6) is 0.542. The predicted octanol–water partition coefficient (Wildman–Crippen LogP) is 5.20. The Bertz CT molecular complexity index is 997. The van der Waals surface area contributed by atoms with Crippen LogP contribution >= 0.6 is 22.7 Å². The second kappa shape index (κ2) is 8.58. The Morgan fingerprint density at radius 3 is 2.50 bits per heavy atom. The van der Waals surface area contributed by atoms with Gasteiger partial charge in [-0.1, -0.05) is 6.07 Å². The van der Waals surface area contributed by atoms with Gasteiger partial charge in [-0.2, -0.15) is 13.2 Å². The highest BCUT2D eigenvalue weighted by molar-refractivity contribution is 7.17. The maximum absolute atomic E-state index is 12.9. The Balaban J connectivity index is 1.64. The number of pyridine rings is 1. The summed E-state index contributed by atoms with van der Waals surface area (Å²) in [4.78, 5) is 14.1. The van der Waals surface area contributed by atoms with Crippen molar-refractivity contribution in [2.24, 2.45) is 0 Å². The largest absolute Gasteiger partial charge is 0.406 e. The standard InChI is InChI=1S/C19H22F3N5OS2/c1-10-15(30-16(25-10)11(2)28)13-9-29-17(26-13)27-14-6-5-12(7-23-14)8-24-18(3,4)19(20,21)22/h5-7,9,11,24,28H,8H2,1-4H3,(H,23,26,27)/t11-/m0/s1. The van der Waals surface area contributed by atoms with Crippen LogP contribution in [0.2, 0.25) is 0 Å². The van der Waals surface area contributed by atoms with Gasteiger partial charge in [0.25, 0.3) is 0 Å². The fourth-order valence-corrected chi connectivity index (χ4v) is 4.15. The summed E-state index contributed by atoms with van der Waals surface area (Å²) in [5.41, 5.74) is 0.233. The van der Waals surface area contributed by atoms with Crippen molar-refractivity contribution < 1.29 is 18.3 Å². The molecule has 0 fully saturated rings. The van der Waals surface area contributed by atoms with E-state index in [0.717, 1.165) is 30.1 Å². The minimum Gasteiger partial charge on any atom is -0.386 e. The molecule has 1 atom stereocenters. The van der Waals surface area contributed by atoms with Crippen molar-refractivity contribution in [3.8, 4) is 10.6 Å². The third-order valence-electron chi connectivity index (χ3n) is 4.41. The van der Waals surface area contributed by atoms with Crippen LogP contribution in [0.15, 0.2) is 23.7 Å². The van der Waals surface area contributed by atoms with Gasteiger partial charge < -0.3 is 10.4 Å². The van der Waals surface area contributed by atoms with Crippen LogP contribution in [-0.2, 0) is 6.54 Å². The number of aryl methyl sites for hydroxylation is 1. The molecule has 0 amide bonds. The lowest BCUT2D eigenvalue weighted by Gasteiger charge is -2.29. The van der Waals surface area contributed by atoms with E-state index in [1.807, 2.05) is 12.3 Å². The molecule has 3 heterocycles. The average molecular weight is 458 g/mol. The van der Waals surface area contributed by atoms with E-state index in [1.165, 1.54) is 28.9 Å². The molecule has 3 N–H and O–H groups in total. The fourth-order valence-electron chi connectivity index (χ4n) is 2.40. The molecule has 0 aliphatic carbocycles. The first-order valence-corrected chi connectivity index (χ1v) is 10.8. The molecule has 0 unspecified atom stereocenters. The molecular weight excluding hydrogens is 435 g/mol. The molecule has 3 aromatic rings. The zero-order chi connectivity index (χ0) is 22.1. The number of nitrogens with one attached hydrogen (secondary N) is 2. The van der Waals surface area contributed by atoms with Crippen molar-refractivity contribution in [3.63, 3.8) is 0 Å². The lowest BCUT2D eigenvalue weighted by atomic mass is 10.0. The number of nitrogens with zero attached hydrogens (tertiary/aromatic N) is 3. The summed E-state index contributed by atoms with van der Waals surface area (Å²) < 4.78 is 38.8. The molecule has 0 aliphatic rings. The Labute approximate surface area is 180 Å². The first kappa shape index (κ1) is 22.6. The number of hydrogen-bond donors (Lipinski definition) is 3. The Morgan fingerprint density at radius 1 is 1.20 bits per heavy atom. The van der Waals surface area contributed by atoms with E-state index in [9.17, 15) is 18.3 Å². The van der Waals surface area contributed by atoms with E-state index < -0.39 is 17.8 Å². The summed E-state index contributed by atoms with van der Waals surface area (Å²) in [6.45, 7) is 5.80. The minimum absolute atomic E-state index is 0.0530. The van der Waals surface area contributed by atoms with E-state index >= 15 is 0 Å². The molecule has 3 aromatic heterocycles. The van der Waals surface area contributed by atoms with Crippen LogP contribution in [0, 0.1) is 6.92 Å². The number of halogens is 3. The van der Waals surface area contributed by atoms with E-state index in [4.69, 9.17) is 0 Å². The van der Waals surface area contributed by atoms with Gasteiger partial charge in [-0.25, -0.2) is 15.0 Å². The van der Waals surface area contributed by atoms with Crippen LogP contribution in [0.3, 0.4) is 0 Å². The van der Waals surface area contributed by atoms with Crippen LogP contribution in [-0.4, -0.2) is 31.8 Å². The van der Waals surface area contributed by atoms with Gasteiger partial charge in [0, 0.05) is 18.1 Å². The first-order valence-electron chi connectivity index (χ1n) is 9.11. The monoisotopic (exact) mass is 457 g/mol. The zero-order valence-corrected chi connectivity index (χ0v) is 18.5. The molecule has 0 bridgehead atoms. The molecule has 0 radical (unpaired) electrons. The molecule has 30 heavy (non-hydrogen) atoms. The van der Waals surface area contributed by atoms with Crippen molar-refractivity contribution in [1.82, 2.24) is 20.3 Å². The molecular formula is C19H22F3N5OS2. The van der Waals surface area contributed by atoms with Gasteiger partial charge >= 0.3 is 6.18 Å². The Morgan fingerprint density at radius 2 is 1.93 bits per heavy atom. The maximum Gasteiger partial charge on any atom is 0.406 e. The van der Waals surface area contributed by atoms with Gasteiger partial charge in [0.2, 0.25) is 0 Å². The number of thiazole rings is 2. The number of hydrogen-bond acceptors (Lipinski definition) is 8. The molecule has 0 saturated carbocycles. The lowest BCUT2D eigenvalue weighted by Crippen LogP contribution is -2.51. The number of aliphatic hydroxyl groups excluding tert-OH is 1. The maximum atomic E-state index is 12.9. The summed E-state index contributed by atoms with van der Waals surface area (Å²) >= 11 is 2.81. The van der Waals surface area contributed by atoms with Crippen LogP contribution in [0.25, 0.3) is 10.6 Å². The number of aliphatic hydroxyl groups is 1. The highest BCUT2D eigenvalue weighted by Crippen LogP contribution is 2.35. The molecule has 0 aliphatic heterocycles. The van der Waals surface area contributed by atoms with Gasteiger partial charge in [-0.15, -0.1) is 22.7 Å². The molecule has 3 rings (SSSR count). The van der Waals surface area contributed by atoms with Crippen LogP contribution in [0.4, 0.5) is 24.1 Å². The van der Waals surface area contributed by atoms with Crippen molar-refractivity contribution >= 4 is 33.6 Å². The highest BCUT2D eigenvalue weighted by atomic mass is 32.1. The summed E-state index contributed by atoms with van der Waals surface area (Å²) in [7, 11) is 0. The molecule has 0 aromatic carbocycles. The quantitative estimate of drug-likeness (QED) is 0.453. The van der Waals surface area contributed by atoms with Gasteiger partial charge in [0.15, 0.2) is 5.13 Å². The van der Waals surface area contributed by atoms with Crippen molar-refractivity contribution in [3.05, 3.63) is 40.0 Å². The van der Waals surface area contributed by atoms with E-state index in [2.05, 4.69) is 25.6 Å². The van der Waals surface area contributed by atoms with Crippen molar-refractivity contribution in [1.29, 1.82) is 0 Å². The third-order valence-corrected chi connectivity index (χ3v) is 6.52. The molecule has 6 nitrogen and oxygen atoms in total. The first-order chi connectivity index (χ1) is 14.0. The van der Waals surface area contributed by atoms with E-state index in [-0.39, 0.29) is 6.54 Å². The van der Waals surface area contributed by atoms with Gasteiger partial charge in [0.05, 0.1) is 16.3 Å². The molecule has 162 valence electrons. The molecule has 11 heteroatoms. The predicted molar refractivity (Wildman–Crippen MR) is 113 cm³/mol. The number of aromatic nitrogens is 3. The van der Waals surface area contributed by atoms with Gasteiger partial charge in [0.1, 0.15) is 22.5 Å². The van der Waals surface area contributed by atoms with Gasteiger partial charge in [-0.05, 0) is 39.3 Å². The van der Waals surface area contributed by atoms with Crippen LogP contribution in [0.5, 0.6) is 0 Å². The Hall–Kier alpha value is -2.08. The topological polar surface area (TPSA) is 83.0 Å². The fraction of sp³-hybridized carbons (Fsp3) is 0.421. The van der Waals surface area contributed by atoms with Crippen molar-refractivity contribution in [2.45, 2.75) is 52.1 Å². The number of anilines is 2. The number of rotatable bonds is 7. The Kier molecular flexibility index (Phi) is 6.46. The summed E-state index contributed by atoms with van der Waals surface area (Å²) in [5, 5.41) is 18.5. The van der Waals surface area contributed by atoms with Crippen molar-refractivity contribution in [2.75, 3.05) is 5.32 Å². The summed E-state index contributed by atoms with van der Waals surface area (Å²) in [6, 6.07) is 3.41. The highest BCUT2D eigenvalue weighted by Gasteiger charge is 2.46. The molecule has 0 spiro atoms. The van der Waals surface area contributed by atoms with E-state index in [0.29, 0.717) is 21.5 Å². The third kappa shape index (κ3) is 5.15. The second-order valence-electron chi connectivity index (χ2n) is 7.33. The average Bonchev–Trinajstić information content (AvgIpc) is 3.26. The molecule has 0 saturated heterocycles. The van der Waals surface area contributed by atoms with E-state index in [1.54, 1.807) is 19.1 Å². The zero-order valence-electron chi connectivity index (χ0n) is 16.8. The minimum atomic E-state index is -4.34. The number of alkyl halides is 3. The second-order valence-corrected chi connectivity index (χ2v) is 9.22.